The Kier molecular flexibility index (Phi) is 5.49. The molecule has 0 saturated carbocycles. The quantitative estimate of drug-likeness (QED) is 0.746. The van der Waals surface area contributed by atoms with E-state index < -0.39 is 0 Å². The van der Waals surface area contributed by atoms with Crippen molar-refractivity contribution in [2.75, 3.05) is 7.11 Å². The van der Waals surface area contributed by atoms with Crippen molar-refractivity contribution in [3.63, 3.8) is 0 Å². The van der Waals surface area contributed by atoms with Crippen LogP contribution in [-0.4, -0.2) is 13.2 Å². The van der Waals surface area contributed by atoms with Gasteiger partial charge in [0.1, 0.15) is 5.75 Å². The molecule has 17 heavy (non-hydrogen) atoms. The van der Waals surface area contributed by atoms with E-state index in [4.69, 9.17) is 9.47 Å². The summed E-state index contributed by atoms with van der Waals surface area (Å²) < 4.78 is 11.0. The van der Waals surface area contributed by atoms with Gasteiger partial charge in [-0.25, -0.2) is 0 Å². The SMILES string of the molecule is COc1ccc(CO[C@@H](C)[C@H](C)C(C)C)cc1. The van der Waals surface area contributed by atoms with Crippen LogP contribution in [0, 0.1) is 11.8 Å². The predicted octanol–water partition coefficient (Wildman–Crippen LogP) is 3.89. The molecule has 2 nitrogen and oxygen atoms in total. The zero-order valence-corrected chi connectivity index (χ0v) is 11.6. The van der Waals surface area contributed by atoms with Gasteiger partial charge in [0.05, 0.1) is 19.8 Å². The van der Waals surface area contributed by atoms with E-state index in [1.165, 1.54) is 5.56 Å². The van der Waals surface area contributed by atoms with E-state index in [-0.39, 0.29) is 6.10 Å². The summed E-state index contributed by atoms with van der Waals surface area (Å²) in [4.78, 5) is 0. The van der Waals surface area contributed by atoms with Crippen LogP contribution in [0.2, 0.25) is 0 Å². The molecule has 96 valence electrons. The molecule has 0 bridgehead atoms. The summed E-state index contributed by atoms with van der Waals surface area (Å²) >= 11 is 0. The van der Waals surface area contributed by atoms with Gasteiger partial charge in [-0.15, -0.1) is 0 Å². The van der Waals surface area contributed by atoms with Crippen LogP contribution in [0.4, 0.5) is 0 Å². The average Bonchev–Trinajstić information content (AvgIpc) is 2.35. The van der Waals surface area contributed by atoms with Gasteiger partial charge >= 0.3 is 0 Å². The minimum absolute atomic E-state index is 0.289. The Balaban J connectivity index is 2.44. The molecule has 0 unspecified atom stereocenters. The lowest BCUT2D eigenvalue weighted by Gasteiger charge is -2.23. The van der Waals surface area contributed by atoms with Crippen molar-refractivity contribution in [2.24, 2.45) is 11.8 Å². The van der Waals surface area contributed by atoms with Crippen LogP contribution in [0.15, 0.2) is 24.3 Å². The fourth-order valence-electron chi connectivity index (χ4n) is 1.64. The Labute approximate surface area is 105 Å². The molecule has 0 heterocycles. The van der Waals surface area contributed by atoms with Gasteiger partial charge < -0.3 is 9.47 Å². The first-order valence-electron chi connectivity index (χ1n) is 6.29. The van der Waals surface area contributed by atoms with Crippen molar-refractivity contribution < 1.29 is 9.47 Å². The number of methoxy groups -OCH3 is 1. The standard InChI is InChI=1S/C15H24O2/c1-11(2)12(3)13(4)17-10-14-6-8-15(16-5)9-7-14/h6-9,11-13H,10H2,1-5H3/t12-,13+/m1/s1. The molecule has 0 aliphatic rings. The summed E-state index contributed by atoms with van der Waals surface area (Å²) in [6, 6.07) is 8.03. The van der Waals surface area contributed by atoms with Gasteiger partial charge in [0.15, 0.2) is 0 Å². The van der Waals surface area contributed by atoms with Gasteiger partial charge in [0.2, 0.25) is 0 Å². The summed E-state index contributed by atoms with van der Waals surface area (Å²) in [6.45, 7) is 9.52. The first-order valence-corrected chi connectivity index (χ1v) is 6.29. The maximum absolute atomic E-state index is 5.88. The molecule has 0 fully saturated rings. The highest BCUT2D eigenvalue weighted by Crippen LogP contribution is 2.19. The maximum atomic E-state index is 5.88. The molecule has 0 N–H and O–H groups in total. The zero-order chi connectivity index (χ0) is 12.8. The smallest absolute Gasteiger partial charge is 0.118 e. The van der Waals surface area contributed by atoms with E-state index in [1.54, 1.807) is 7.11 Å². The molecule has 1 rings (SSSR count). The van der Waals surface area contributed by atoms with Crippen LogP contribution in [0.5, 0.6) is 5.75 Å². The number of hydrogen-bond donors (Lipinski definition) is 0. The van der Waals surface area contributed by atoms with E-state index in [9.17, 15) is 0 Å². The van der Waals surface area contributed by atoms with Crippen LogP contribution in [0.3, 0.4) is 0 Å². The lowest BCUT2D eigenvalue weighted by atomic mass is 9.93. The molecule has 0 aliphatic carbocycles. The minimum atomic E-state index is 0.289. The summed E-state index contributed by atoms with van der Waals surface area (Å²) in [7, 11) is 1.68. The summed E-state index contributed by atoms with van der Waals surface area (Å²) in [5.41, 5.74) is 1.19. The average molecular weight is 236 g/mol. The van der Waals surface area contributed by atoms with Gasteiger partial charge in [0.25, 0.3) is 0 Å². The van der Waals surface area contributed by atoms with Crippen molar-refractivity contribution >= 4 is 0 Å². The lowest BCUT2D eigenvalue weighted by molar-refractivity contribution is 0.00522. The fraction of sp³-hybridized carbons (Fsp3) is 0.600. The third kappa shape index (κ3) is 4.39. The van der Waals surface area contributed by atoms with Gasteiger partial charge in [0, 0.05) is 0 Å². The third-order valence-corrected chi connectivity index (χ3v) is 3.46. The van der Waals surface area contributed by atoms with Crippen LogP contribution in [0.1, 0.15) is 33.3 Å². The monoisotopic (exact) mass is 236 g/mol. The first-order chi connectivity index (χ1) is 8.04. The summed E-state index contributed by atoms with van der Waals surface area (Å²) in [6.07, 6.45) is 0.289. The van der Waals surface area contributed by atoms with Crippen molar-refractivity contribution in [3.8, 4) is 5.75 Å². The highest BCUT2D eigenvalue weighted by atomic mass is 16.5. The van der Waals surface area contributed by atoms with E-state index in [2.05, 4.69) is 27.7 Å². The second-order valence-corrected chi connectivity index (χ2v) is 4.97. The third-order valence-electron chi connectivity index (χ3n) is 3.46. The Morgan fingerprint density at radius 1 is 1.00 bits per heavy atom. The Hall–Kier alpha value is -1.02. The molecule has 2 atom stereocenters. The molecular weight excluding hydrogens is 212 g/mol. The summed E-state index contributed by atoms with van der Waals surface area (Å²) in [5.74, 6) is 2.12. The van der Waals surface area contributed by atoms with Crippen molar-refractivity contribution in [2.45, 2.75) is 40.4 Å². The van der Waals surface area contributed by atoms with Gasteiger partial charge in [-0.2, -0.15) is 0 Å². The minimum Gasteiger partial charge on any atom is -0.497 e. The summed E-state index contributed by atoms with van der Waals surface area (Å²) in [5, 5.41) is 0. The van der Waals surface area contributed by atoms with Gasteiger partial charge in [-0.3, -0.25) is 0 Å². The molecule has 0 saturated heterocycles. The van der Waals surface area contributed by atoms with Crippen LogP contribution in [0.25, 0.3) is 0 Å². The van der Waals surface area contributed by atoms with E-state index in [0.29, 0.717) is 18.4 Å². The molecule has 1 aromatic rings. The van der Waals surface area contributed by atoms with Crippen LogP contribution >= 0.6 is 0 Å². The molecule has 0 aliphatic heterocycles. The lowest BCUT2D eigenvalue weighted by Crippen LogP contribution is -2.22. The maximum Gasteiger partial charge on any atom is 0.118 e. The molecule has 0 amide bonds. The highest BCUT2D eigenvalue weighted by molar-refractivity contribution is 5.26. The van der Waals surface area contributed by atoms with E-state index in [1.807, 2.05) is 24.3 Å². The van der Waals surface area contributed by atoms with Crippen molar-refractivity contribution in [1.29, 1.82) is 0 Å². The molecule has 0 radical (unpaired) electrons. The Morgan fingerprint density at radius 3 is 2.06 bits per heavy atom. The second-order valence-electron chi connectivity index (χ2n) is 4.97. The first kappa shape index (κ1) is 14.0. The van der Waals surface area contributed by atoms with E-state index >= 15 is 0 Å². The highest BCUT2D eigenvalue weighted by Gasteiger charge is 2.16. The second kappa shape index (κ2) is 6.65. The Morgan fingerprint density at radius 2 is 1.59 bits per heavy atom. The number of benzene rings is 1. The molecule has 0 spiro atoms. The molecule has 2 heteroatoms. The molecule has 0 aromatic heterocycles. The predicted molar refractivity (Wildman–Crippen MR) is 71.2 cm³/mol. The number of rotatable bonds is 6. The molecular formula is C15H24O2. The van der Waals surface area contributed by atoms with Crippen LogP contribution < -0.4 is 4.74 Å². The zero-order valence-electron chi connectivity index (χ0n) is 11.6. The number of hydrogen-bond acceptors (Lipinski definition) is 2. The van der Waals surface area contributed by atoms with Gasteiger partial charge in [-0.1, -0.05) is 32.9 Å². The van der Waals surface area contributed by atoms with E-state index in [0.717, 1.165) is 5.75 Å². The topological polar surface area (TPSA) is 18.5 Å². The van der Waals surface area contributed by atoms with Crippen molar-refractivity contribution in [3.05, 3.63) is 29.8 Å². The van der Waals surface area contributed by atoms with Crippen molar-refractivity contribution in [1.82, 2.24) is 0 Å². The van der Waals surface area contributed by atoms with Gasteiger partial charge in [-0.05, 0) is 36.5 Å². The van der Waals surface area contributed by atoms with Crippen LogP contribution in [-0.2, 0) is 11.3 Å². The molecule has 1 aromatic carbocycles. The normalized spacial score (nSPS) is 14.7. The number of ether oxygens (including phenoxy) is 2. The Bertz CT molecular complexity index is 316. The fourth-order valence-corrected chi connectivity index (χ4v) is 1.64. The largest absolute Gasteiger partial charge is 0.497 e.